The van der Waals surface area contributed by atoms with Gasteiger partial charge in [-0.1, -0.05) is 18.2 Å². The molecular formula is C25H31N5O. The second-order valence-electron chi connectivity index (χ2n) is 8.06. The number of aromatic nitrogens is 2. The number of carbonyl (C=O) groups excluding carboxylic acids is 1. The van der Waals surface area contributed by atoms with E-state index < -0.39 is 0 Å². The van der Waals surface area contributed by atoms with Crippen LogP contribution in [0.25, 0.3) is 5.69 Å². The number of hydrogen-bond donors (Lipinski definition) is 1. The van der Waals surface area contributed by atoms with E-state index in [9.17, 15) is 4.79 Å². The topological polar surface area (TPSA) is 53.4 Å². The van der Waals surface area contributed by atoms with Gasteiger partial charge in [-0.15, -0.1) is 0 Å². The van der Waals surface area contributed by atoms with Gasteiger partial charge >= 0.3 is 0 Å². The molecule has 1 aromatic heterocycles. The lowest BCUT2D eigenvalue weighted by atomic mass is 10.2. The van der Waals surface area contributed by atoms with Gasteiger partial charge in [-0.2, -0.15) is 5.10 Å². The van der Waals surface area contributed by atoms with E-state index in [0.717, 1.165) is 56.9 Å². The smallest absolute Gasteiger partial charge is 0.251 e. The average molecular weight is 418 g/mol. The van der Waals surface area contributed by atoms with E-state index in [4.69, 9.17) is 0 Å². The molecule has 2 heterocycles. The zero-order chi connectivity index (χ0) is 21.5. The summed E-state index contributed by atoms with van der Waals surface area (Å²) in [4.78, 5) is 17.4. The SMILES string of the molecule is Cc1ccnn1-c1ccc(C(=O)NCCCCN2CCN(c3ccccc3)CC2)cc1. The Hall–Kier alpha value is -3.12. The van der Waals surface area contributed by atoms with Crippen LogP contribution < -0.4 is 10.2 Å². The molecule has 1 saturated heterocycles. The van der Waals surface area contributed by atoms with E-state index in [0.29, 0.717) is 12.1 Å². The van der Waals surface area contributed by atoms with Gasteiger partial charge < -0.3 is 10.2 Å². The Morgan fingerprint density at radius 3 is 2.32 bits per heavy atom. The Labute approximate surface area is 184 Å². The fraction of sp³-hybridized carbons (Fsp3) is 0.360. The van der Waals surface area contributed by atoms with Gasteiger partial charge in [0.25, 0.3) is 5.91 Å². The van der Waals surface area contributed by atoms with E-state index in [-0.39, 0.29) is 5.91 Å². The number of aryl methyl sites for hydroxylation is 1. The van der Waals surface area contributed by atoms with Crippen molar-refractivity contribution in [3.8, 4) is 5.69 Å². The van der Waals surface area contributed by atoms with Gasteiger partial charge in [0.2, 0.25) is 0 Å². The number of piperazine rings is 1. The molecule has 0 aliphatic carbocycles. The number of para-hydroxylation sites is 1. The largest absolute Gasteiger partial charge is 0.369 e. The number of amides is 1. The van der Waals surface area contributed by atoms with Crippen LogP contribution in [0.3, 0.4) is 0 Å². The van der Waals surface area contributed by atoms with Crippen molar-refractivity contribution in [1.82, 2.24) is 20.0 Å². The van der Waals surface area contributed by atoms with Gasteiger partial charge in [-0.05, 0) is 68.8 Å². The summed E-state index contributed by atoms with van der Waals surface area (Å²) in [6.07, 6.45) is 3.87. The average Bonchev–Trinajstić information content (AvgIpc) is 3.25. The quantitative estimate of drug-likeness (QED) is 0.570. The highest BCUT2D eigenvalue weighted by Crippen LogP contribution is 2.16. The van der Waals surface area contributed by atoms with Crippen molar-refractivity contribution in [3.63, 3.8) is 0 Å². The number of anilines is 1. The molecule has 6 heteroatoms. The van der Waals surface area contributed by atoms with Crippen LogP contribution in [-0.2, 0) is 0 Å². The number of rotatable bonds is 8. The van der Waals surface area contributed by atoms with E-state index in [1.54, 1.807) is 6.20 Å². The number of carbonyl (C=O) groups is 1. The van der Waals surface area contributed by atoms with Gasteiger partial charge in [-0.25, -0.2) is 4.68 Å². The number of unbranched alkanes of at least 4 members (excludes halogenated alkanes) is 1. The number of nitrogens with zero attached hydrogens (tertiary/aromatic N) is 4. The van der Waals surface area contributed by atoms with Crippen LogP contribution in [0.2, 0.25) is 0 Å². The third-order valence-corrected chi connectivity index (χ3v) is 5.89. The highest BCUT2D eigenvalue weighted by atomic mass is 16.1. The van der Waals surface area contributed by atoms with Crippen LogP contribution in [0.5, 0.6) is 0 Å². The molecule has 0 radical (unpaired) electrons. The van der Waals surface area contributed by atoms with Crippen LogP contribution in [0.1, 0.15) is 28.9 Å². The van der Waals surface area contributed by atoms with Crippen molar-refractivity contribution in [2.45, 2.75) is 19.8 Å². The molecule has 1 aliphatic rings. The first-order chi connectivity index (χ1) is 15.2. The zero-order valence-electron chi connectivity index (χ0n) is 18.2. The van der Waals surface area contributed by atoms with Crippen LogP contribution in [0, 0.1) is 6.92 Å². The monoisotopic (exact) mass is 417 g/mol. The van der Waals surface area contributed by atoms with Crippen LogP contribution in [0.15, 0.2) is 66.9 Å². The van der Waals surface area contributed by atoms with Gasteiger partial charge in [0.05, 0.1) is 5.69 Å². The van der Waals surface area contributed by atoms with Crippen molar-refractivity contribution in [2.24, 2.45) is 0 Å². The summed E-state index contributed by atoms with van der Waals surface area (Å²) in [7, 11) is 0. The third-order valence-electron chi connectivity index (χ3n) is 5.89. The van der Waals surface area contributed by atoms with Crippen LogP contribution >= 0.6 is 0 Å². The number of benzene rings is 2. The fourth-order valence-corrected chi connectivity index (χ4v) is 4.03. The summed E-state index contributed by atoms with van der Waals surface area (Å²) in [5, 5.41) is 7.34. The van der Waals surface area contributed by atoms with Crippen molar-refractivity contribution in [1.29, 1.82) is 0 Å². The van der Waals surface area contributed by atoms with Crippen LogP contribution in [-0.4, -0.2) is 59.9 Å². The molecule has 2 aromatic carbocycles. The Kier molecular flexibility index (Phi) is 6.99. The number of hydrogen-bond acceptors (Lipinski definition) is 4. The summed E-state index contributed by atoms with van der Waals surface area (Å²) < 4.78 is 1.86. The minimum atomic E-state index is -0.0137. The first kappa shape index (κ1) is 21.1. The molecular weight excluding hydrogens is 386 g/mol. The normalized spacial score (nSPS) is 14.5. The molecule has 0 saturated carbocycles. The lowest BCUT2D eigenvalue weighted by Crippen LogP contribution is -2.46. The summed E-state index contributed by atoms with van der Waals surface area (Å²) in [6.45, 7) is 8.17. The van der Waals surface area contributed by atoms with E-state index in [2.05, 4.69) is 50.5 Å². The van der Waals surface area contributed by atoms with E-state index >= 15 is 0 Å². The van der Waals surface area contributed by atoms with Crippen LogP contribution in [0.4, 0.5) is 5.69 Å². The van der Waals surface area contributed by atoms with Crippen molar-refractivity contribution in [2.75, 3.05) is 44.2 Å². The van der Waals surface area contributed by atoms with Gasteiger partial charge in [0.1, 0.15) is 0 Å². The maximum Gasteiger partial charge on any atom is 0.251 e. The molecule has 1 aliphatic heterocycles. The highest BCUT2D eigenvalue weighted by Gasteiger charge is 2.16. The minimum Gasteiger partial charge on any atom is -0.369 e. The Morgan fingerprint density at radius 2 is 1.65 bits per heavy atom. The Balaban J connectivity index is 1.13. The number of nitrogens with one attached hydrogen (secondary N) is 1. The first-order valence-corrected chi connectivity index (χ1v) is 11.1. The maximum atomic E-state index is 12.4. The summed E-state index contributed by atoms with van der Waals surface area (Å²) in [5.41, 5.74) is 4.04. The molecule has 0 unspecified atom stereocenters. The van der Waals surface area contributed by atoms with Crippen molar-refractivity contribution in [3.05, 3.63) is 78.1 Å². The summed E-state index contributed by atoms with van der Waals surface area (Å²) in [6, 6.07) is 20.2. The van der Waals surface area contributed by atoms with Crippen molar-refractivity contribution >= 4 is 11.6 Å². The molecule has 31 heavy (non-hydrogen) atoms. The minimum absolute atomic E-state index is 0.0137. The van der Waals surface area contributed by atoms with E-state index in [1.165, 1.54) is 5.69 Å². The maximum absolute atomic E-state index is 12.4. The third kappa shape index (κ3) is 5.52. The Morgan fingerprint density at radius 1 is 0.903 bits per heavy atom. The molecule has 162 valence electrons. The zero-order valence-corrected chi connectivity index (χ0v) is 18.2. The molecule has 0 spiro atoms. The molecule has 1 fully saturated rings. The predicted molar refractivity (Wildman–Crippen MR) is 125 cm³/mol. The Bertz CT molecular complexity index is 959. The molecule has 4 rings (SSSR count). The van der Waals surface area contributed by atoms with Gasteiger partial charge in [-0.3, -0.25) is 9.69 Å². The summed E-state index contributed by atoms with van der Waals surface area (Å²) >= 11 is 0. The lowest BCUT2D eigenvalue weighted by molar-refractivity contribution is 0.0952. The van der Waals surface area contributed by atoms with E-state index in [1.807, 2.05) is 41.9 Å². The molecule has 0 bridgehead atoms. The molecule has 3 aromatic rings. The standard InChI is InChI=1S/C25H31N5O/c1-21-13-15-27-30(21)24-11-9-22(10-12-24)25(31)26-14-5-6-16-28-17-19-29(20-18-28)23-7-3-2-4-8-23/h2-4,7-13,15H,5-6,14,16-20H2,1H3,(H,26,31). The first-order valence-electron chi connectivity index (χ1n) is 11.1. The van der Waals surface area contributed by atoms with Gasteiger partial charge in [0, 0.05) is 55.9 Å². The highest BCUT2D eigenvalue weighted by molar-refractivity contribution is 5.94. The summed E-state index contributed by atoms with van der Waals surface area (Å²) in [5.74, 6) is -0.0137. The molecule has 0 atom stereocenters. The molecule has 1 amide bonds. The fourth-order valence-electron chi connectivity index (χ4n) is 4.03. The predicted octanol–water partition coefficient (Wildman–Crippen LogP) is 3.51. The molecule has 1 N–H and O–H groups in total. The van der Waals surface area contributed by atoms with Gasteiger partial charge in [0.15, 0.2) is 0 Å². The second kappa shape index (κ2) is 10.3. The lowest BCUT2D eigenvalue weighted by Gasteiger charge is -2.36. The molecule has 6 nitrogen and oxygen atoms in total. The van der Waals surface area contributed by atoms with Crippen molar-refractivity contribution < 1.29 is 4.79 Å². The second-order valence-corrected chi connectivity index (χ2v) is 8.06.